The molecule has 1 N–H and O–H groups in total. The Morgan fingerprint density at radius 2 is 2.08 bits per heavy atom. The second-order valence-corrected chi connectivity index (χ2v) is 8.00. The topological polar surface area (TPSA) is 72.8 Å². The fourth-order valence-electron chi connectivity index (χ4n) is 4.38. The van der Waals surface area contributed by atoms with Crippen LogP contribution in [-0.4, -0.2) is 82.7 Å². The quantitative estimate of drug-likeness (QED) is 0.859. The number of anilines is 1. The number of carbonyl (C=O) groups excluding carboxylic acids is 1. The van der Waals surface area contributed by atoms with Gasteiger partial charge < -0.3 is 14.9 Å². The van der Waals surface area contributed by atoms with E-state index in [0.29, 0.717) is 25.4 Å². The van der Waals surface area contributed by atoms with E-state index in [0.717, 1.165) is 38.3 Å². The number of likely N-dealkylation sites (tertiary alicyclic amines) is 1. The summed E-state index contributed by atoms with van der Waals surface area (Å²) in [6.07, 6.45) is 6.54. The smallest absolute Gasteiger partial charge is 0.222 e. The van der Waals surface area contributed by atoms with Gasteiger partial charge in [-0.2, -0.15) is 0 Å². The van der Waals surface area contributed by atoms with Crippen molar-refractivity contribution < 1.29 is 9.90 Å². The first kappa shape index (κ1) is 17.7. The number of aliphatic hydroxyl groups excluding tert-OH is 1. The average Bonchev–Trinajstić information content (AvgIpc) is 3.50. The summed E-state index contributed by atoms with van der Waals surface area (Å²) in [6.45, 7) is 4.01. The van der Waals surface area contributed by atoms with Crippen LogP contribution in [0.2, 0.25) is 0 Å². The summed E-state index contributed by atoms with van der Waals surface area (Å²) in [4.78, 5) is 28.0. The van der Waals surface area contributed by atoms with Crippen molar-refractivity contribution in [2.75, 3.05) is 51.3 Å². The van der Waals surface area contributed by atoms with Gasteiger partial charge in [0.25, 0.3) is 0 Å². The van der Waals surface area contributed by atoms with E-state index in [4.69, 9.17) is 0 Å². The molecule has 2 saturated heterocycles. The molecule has 3 fully saturated rings. The van der Waals surface area contributed by atoms with Gasteiger partial charge in [0.15, 0.2) is 0 Å². The third kappa shape index (κ3) is 3.42. The Hall–Kier alpha value is -1.73. The largest absolute Gasteiger partial charge is 0.395 e. The van der Waals surface area contributed by atoms with E-state index in [9.17, 15) is 9.90 Å². The predicted octanol–water partition coefficient (Wildman–Crippen LogP) is 0.849. The van der Waals surface area contributed by atoms with Gasteiger partial charge in [0.05, 0.1) is 6.61 Å². The van der Waals surface area contributed by atoms with Crippen LogP contribution >= 0.6 is 0 Å². The van der Waals surface area contributed by atoms with Crippen LogP contribution in [0.3, 0.4) is 0 Å². The van der Waals surface area contributed by atoms with Crippen molar-refractivity contribution >= 4 is 11.7 Å². The molecule has 1 atom stereocenters. The van der Waals surface area contributed by atoms with Gasteiger partial charge in [-0.25, -0.2) is 9.97 Å². The van der Waals surface area contributed by atoms with Crippen LogP contribution in [-0.2, 0) is 4.79 Å². The molecule has 0 bridgehead atoms. The zero-order valence-corrected chi connectivity index (χ0v) is 15.6. The van der Waals surface area contributed by atoms with Gasteiger partial charge >= 0.3 is 0 Å². The van der Waals surface area contributed by atoms with Crippen molar-refractivity contribution in [1.29, 1.82) is 0 Å². The second-order valence-electron chi connectivity index (χ2n) is 8.00. The summed E-state index contributed by atoms with van der Waals surface area (Å²) in [5.74, 6) is 1.82. The third-order valence-corrected chi connectivity index (χ3v) is 6.37. The van der Waals surface area contributed by atoms with Gasteiger partial charge in [-0.3, -0.25) is 9.69 Å². The van der Waals surface area contributed by atoms with Crippen LogP contribution in [0, 0.1) is 0 Å². The van der Waals surface area contributed by atoms with Crippen LogP contribution in [0.25, 0.3) is 0 Å². The van der Waals surface area contributed by atoms with Crippen LogP contribution in [0.1, 0.15) is 43.7 Å². The Labute approximate surface area is 155 Å². The van der Waals surface area contributed by atoms with Crippen molar-refractivity contribution in [3.8, 4) is 0 Å². The Kier molecular flexibility index (Phi) is 4.84. The van der Waals surface area contributed by atoms with E-state index in [1.165, 1.54) is 18.5 Å². The summed E-state index contributed by atoms with van der Waals surface area (Å²) in [7, 11) is 2.18. The Morgan fingerprint density at radius 3 is 2.85 bits per heavy atom. The first-order chi connectivity index (χ1) is 12.6. The molecule has 1 amide bonds. The highest BCUT2D eigenvalue weighted by atomic mass is 16.3. The maximum Gasteiger partial charge on any atom is 0.222 e. The summed E-state index contributed by atoms with van der Waals surface area (Å²) in [6, 6.07) is 2.16. The summed E-state index contributed by atoms with van der Waals surface area (Å²) < 4.78 is 0. The van der Waals surface area contributed by atoms with Crippen molar-refractivity contribution in [1.82, 2.24) is 19.8 Å². The Morgan fingerprint density at radius 1 is 1.23 bits per heavy atom. The lowest BCUT2D eigenvalue weighted by atomic mass is 9.86. The van der Waals surface area contributed by atoms with Gasteiger partial charge in [-0.15, -0.1) is 0 Å². The van der Waals surface area contributed by atoms with Crippen molar-refractivity contribution in [2.24, 2.45) is 0 Å². The number of aromatic nitrogens is 2. The van der Waals surface area contributed by atoms with Crippen molar-refractivity contribution in [2.45, 2.75) is 43.6 Å². The highest BCUT2D eigenvalue weighted by molar-refractivity contribution is 5.76. The van der Waals surface area contributed by atoms with Gasteiger partial charge in [0, 0.05) is 62.4 Å². The lowest BCUT2D eigenvalue weighted by Crippen LogP contribution is -2.61. The lowest BCUT2D eigenvalue weighted by molar-refractivity contribution is -0.131. The molecule has 0 radical (unpaired) electrons. The van der Waals surface area contributed by atoms with Gasteiger partial charge in [0.2, 0.25) is 5.91 Å². The summed E-state index contributed by atoms with van der Waals surface area (Å²) >= 11 is 0. The molecule has 7 nitrogen and oxygen atoms in total. The fraction of sp³-hybridized carbons (Fsp3) is 0.737. The molecule has 1 aliphatic carbocycles. The molecule has 3 heterocycles. The number of amides is 1. The number of β-amino-alcohol motifs (C(OH)–C–C–N with tert-alkyl or cyclic N) is 1. The molecule has 142 valence electrons. The number of rotatable bonds is 4. The molecular weight excluding hydrogens is 330 g/mol. The minimum atomic E-state index is -0.0111. The minimum Gasteiger partial charge on any atom is -0.395 e. The zero-order valence-electron chi connectivity index (χ0n) is 15.6. The second kappa shape index (κ2) is 7.12. The first-order valence-corrected chi connectivity index (χ1v) is 9.78. The molecule has 1 aromatic heterocycles. The fourth-order valence-corrected chi connectivity index (χ4v) is 4.38. The standard InChI is InChI=1S/C19H29N5O2/c1-22-8-9-24(17-12-16(15-2-3-15)20-14-21-17)13-19(22)5-4-18(26)23(7-6-19)10-11-25/h12,14-15,25H,2-11,13H2,1H3/t19-/m1/s1. The van der Waals surface area contributed by atoms with Crippen molar-refractivity contribution in [3.05, 3.63) is 18.1 Å². The maximum atomic E-state index is 12.4. The van der Waals surface area contributed by atoms with E-state index >= 15 is 0 Å². The molecule has 1 saturated carbocycles. The third-order valence-electron chi connectivity index (χ3n) is 6.37. The summed E-state index contributed by atoms with van der Waals surface area (Å²) in [5.41, 5.74) is 1.16. The highest BCUT2D eigenvalue weighted by Crippen LogP contribution is 2.40. The lowest BCUT2D eigenvalue weighted by Gasteiger charge is -2.49. The Balaban J connectivity index is 1.52. The first-order valence-electron chi connectivity index (χ1n) is 9.78. The van der Waals surface area contributed by atoms with Crippen LogP contribution in [0.5, 0.6) is 0 Å². The van der Waals surface area contributed by atoms with E-state index in [-0.39, 0.29) is 18.1 Å². The molecule has 2 aliphatic heterocycles. The normalized spacial score (nSPS) is 27.8. The zero-order chi connectivity index (χ0) is 18.1. The number of piperazine rings is 1. The van der Waals surface area contributed by atoms with Crippen LogP contribution < -0.4 is 4.90 Å². The maximum absolute atomic E-state index is 12.4. The molecule has 26 heavy (non-hydrogen) atoms. The number of likely N-dealkylation sites (N-methyl/N-ethyl adjacent to an activating group) is 1. The van der Waals surface area contributed by atoms with Crippen LogP contribution in [0.4, 0.5) is 5.82 Å². The number of hydrogen-bond donors (Lipinski definition) is 1. The van der Waals surface area contributed by atoms with E-state index in [2.05, 4.69) is 32.9 Å². The minimum absolute atomic E-state index is 0.0111. The predicted molar refractivity (Wildman–Crippen MR) is 99.1 cm³/mol. The van der Waals surface area contributed by atoms with Crippen LogP contribution in [0.15, 0.2) is 12.4 Å². The van der Waals surface area contributed by atoms with Gasteiger partial charge in [-0.1, -0.05) is 0 Å². The number of hydrogen-bond acceptors (Lipinski definition) is 6. The summed E-state index contributed by atoms with van der Waals surface area (Å²) in [5, 5.41) is 9.22. The van der Waals surface area contributed by atoms with Gasteiger partial charge in [0.1, 0.15) is 12.1 Å². The molecule has 4 rings (SSSR count). The average molecular weight is 359 g/mol. The molecular formula is C19H29N5O2. The van der Waals surface area contributed by atoms with Crippen molar-refractivity contribution in [3.63, 3.8) is 0 Å². The SMILES string of the molecule is CN1CCN(c2cc(C3CC3)ncn2)C[C@]12CCC(=O)N(CCO)CC2. The molecule has 1 aromatic rings. The number of aliphatic hydroxyl groups is 1. The monoisotopic (exact) mass is 359 g/mol. The van der Waals surface area contributed by atoms with E-state index < -0.39 is 0 Å². The molecule has 3 aliphatic rings. The Bertz CT molecular complexity index is 665. The van der Waals surface area contributed by atoms with E-state index in [1.54, 1.807) is 6.33 Å². The van der Waals surface area contributed by atoms with E-state index in [1.807, 2.05) is 4.90 Å². The van der Waals surface area contributed by atoms with Gasteiger partial charge in [-0.05, 0) is 32.7 Å². The molecule has 0 aromatic carbocycles. The number of nitrogens with zero attached hydrogens (tertiary/aromatic N) is 5. The number of carbonyl (C=O) groups is 1. The molecule has 1 spiro atoms. The molecule has 7 heteroatoms. The highest BCUT2D eigenvalue weighted by Gasteiger charge is 2.42. The molecule has 0 unspecified atom stereocenters.